The third-order valence-electron chi connectivity index (χ3n) is 5.56. The van der Waals surface area contributed by atoms with Crippen LogP contribution in [0.1, 0.15) is 46.5 Å². The molecule has 0 aromatic heterocycles. The molecule has 0 radical (unpaired) electrons. The van der Waals surface area contributed by atoms with Crippen LogP contribution in [0.25, 0.3) is 0 Å². The number of Topliss-reactive ketones (excluding diaryl/α,β-unsaturated/α-hetero) is 1. The van der Waals surface area contributed by atoms with E-state index in [-0.39, 0.29) is 22.7 Å². The third-order valence-corrected chi connectivity index (χ3v) is 5.56. The Balaban J connectivity index is 2.12. The van der Waals surface area contributed by atoms with Crippen LogP contribution in [0.5, 0.6) is 0 Å². The largest absolute Gasteiger partial charge is 0.469 e. The van der Waals surface area contributed by atoms with E-state index in [1.54, 1.807) is 0 Å². The zero-order valence-corrected chi connectivity index (χ0v) is 11.2. The van der Waals surface area contributed by atoms with Gasteiger partial charge < -0.3 is 4.74 Å². The minimum atomic E-state index is -0.205. The molecule has 3 nitrogen and oxygen atoms in total. The second-order valence-electron chi connectivity index (χ2n) is 6.28. The van der Waals surface area contributed by atoms with Crippen molar-refractivity contribution < 1.29 is 14.3 Å². The number of carbonyl (C=O) groups is 2. The van der Waals surface area contributed by atoms with E-state index in [4.69, 9.17) is 0 Å². The number of ketones is 1. The topological polar surface area (TPSA) is 43.4 Å². The van der Waals surface area contributed by atoms with Gasteiger partial charge in [-0.15, -0.1) is 0 Å². The second-order valence-corrected chi connectivity index (χ2v) is 6.28. The molecule has 3 heteroatoms. The molecule has 0 aromatic carbocycles. The Morgan fingerprint density at radius 3 is 2.53 bits per heavy atom. The highest BCUT2D eigenvalue weighted by molar-refractivity contribution is 5.91. The molecule has 0 heterocycles. The SMILES string of the molecule is COC(=O)CCC1C(=O)C2(C)CCC1C2(C)C. The first-order valence-electron chi connectivity index (χ1n) is 6.45. The van der Waals surface area contributed by atoms with Crippen molar-refractivity contribution >= 4 is 11.8 Å². The summed E-state index contributed by atoms with van der Waals surface area (Å²) in [6.45, 7) is 6.52. The average molecular weight is 238 g/mol. The molecule has 2 bridgehead atoms. The van der Waals surface area contributed by atoms with Crippen molar-refractivity contribution in [3.05, 3.63) is 0 Å². The van der Waals surface area contributed by atoms with Crippen molar-refractivity contribution in [2.75, 3.05) is 7.11 Å². The maximum atomic E-state index is 12.5. The van der Waals surface area contributed by atoms with Crippen molar-refractivity contribution in [3.8, 4) is 0 Å². The standard InChI is InChI=1S/C14H22O3/c1-13(2)10-7-8-14(13,3)12(16)9(10)5-6-11(15)17-4/h9-10H,5-8H2,1-4H3. The molecule has 96 valence electrons. The van der Waals surface area contributed by atoms with Crippen LogP contribution < -0.4 is 0 Å². The van der Waals surface area contributed by atoms with Crippen molar-refractivity contribution in [1.29, 1.82) is 0 Å². The number of carbonyl (C=O) groups excluding carboxylic acids is 2. The van der Waals surface area contributed by atoms with E-state index in [1.807, 2.05) is 0 Å². The second kappa shape index (κ2) is 3.82. The predicted molar refractivity (Wildman–Crippen MR) is 64.4 cm³/mol. The monoisotopic (exact) mass is 238 g/mol. The highest BCUT2D eigenvalue weighted by atomic mass is 16.5. The number of methoxy groups -OCH3 is 1. The van der Waals surface area contributed by atoms with Gasteiger partial charge in [-0.3, -0.25) is 9.59 Å². The van der Waals surface area contributed by atoms with Gasteiger partial charge >= 0.3 is 5.97 Å². The lowest BCUT2D eigenvalue weighted by molar-refractivity contribution is -0.141. The van der Waals surface area contributed by atoms with Crippen molar-refractivity contribution in [3.63, 3.8) is 0 Å². The Morgan fingerprint density at radius 2 is 2.06 bits per heavy atom. The van der Waals surface area contributed by atoms with E-state index in [0.717, 1.165) is 12.8 Å². The molecule has 3 atom stereocenters. The van der Waals surface area contributed by atoms with Crippen LogP contribution in [0.15, 0.2) is 0 Å². The first-order chi connectivity index (χ1) is 7.84. The van der Waals surface area contributed by atoms with Crippen molar-refractivity contribution in [2.45, 2.75) is 46.5 Å². The summed E-state index contributed by atoms with van der Waals surface area (Å²) in [6.07, 6.45) is 3.17. The van der Waals surface area contributed by atoms with Gasteiger partial charge in [0.15, 0.2) is 0 Å². The summed E-state index contributed by atoms with van der Waals surface area (Å²) in [4.78, 5) is 23.6. The molecule has 2 aliphatic carbocycles. The van der Waals surface area contributed by atoms with Gasteiger partial charge in [0.05, 0.1) is 7.11 Å². The van der Waals surface area contributed by atoms with Gasteiger partial charge in [-0.1, -0.05) is 20.8 Å². The molecular weight excluding hydrogens is 216 g/mol. The summed E-state index contributed by atoms with van der Waals surface area (Å²) >= 11 is 0. The highest BCUT2D eigenvalue weighted by Gasteiger charge is 2.65. The summed E-state index contributed by atoms with van der Waals surface area (Å²) in [6, 6.07) is 0. The first-order valence-corrected chi connectivity index (χ1v) is 6.45. The van der Waals surface area contributed by atoms with Crippen LogP contribution in [-0.4, -0.2) is 18.9 Å². The molecule has 2 aliphatic rings. The van der Waals surface area contributed by atoms with E-state index >= 15 is 0 Å². The molecule has 0 amide bonds. The first kappa shape index (κ1) is 12.6. The van der Waals surface area contributed by atoms with Gasteiger partial charge in [0, 0.05) is 17.8 Å². The third kappa shape index (κ3) is 1.54. The molecule has 0 N–H and O–H groups in total. The average Bonchev–Trinajstić information content (AvgIpc) is 2.59. The number of rotatable bonds is 3. The predicted octanol–water partition coefficient (Wildman–Crippen LogP) is 2.58. The van der Waals surface area contributed by atoms with E-state index in [0.29, 0.717) is 24.5 Å². The van der Waals surface area contributed by atoms with Gasteiger partial charge in [-0.25, -0.2) is 0 Å². The molecule has 2 rings (SSSR count). The van der Waals surface area contributed by atoms with Gasteiger partial charge in [0.25, 0.3) is 0 Å². The molecular formula is C14H22O3. The van der Waals surface area contributed by atoms with Crippen LogP contribution >= 0.6 is 0 Å². The quantitative estimate of drug-likeness (QED) is 0.710. The Kier molecular flexibility index (Phi) is 2.83. The summed E-state index contributed by atoms with van der Waals surface area (Å²) in [5.41, 5.74) is -0.0800. The molecule has 3 unspecified atom stereocenters. The van der Waals surface area contributed by atoms with Crippen molar-refractivity contribution in [2.24, 2.45) is 22.7 Å². The van der Waals surface area contributed by atoms with Crippen LogP contribution in [0.4, 0.5) is 0 Å². The molecule has 17 heavy (non-hydrogen) atoms. The molecule has 0 aliphatic heterocycles. The smallest absolute Gasteiger partial charge is 0.305 e. The molecule has 0 spiro atoms. The van der Waals surface area contributed by atoms with Gasteiger partial charge in [-0.2, -0.15) is 0 Å². The lowest BCUT2D eigenvalue weighted by atomic mass is 9.70. The van der Waals surface area contributed by atoms with Crippen LogP contribution in [0.2, 0.25) is 0 Å². The highest BCUT2D eigenvalue weighted by Crippen LogP contribution is 2.66. The Morgan fingerprint density at radius 1 is 1.41 bits per heavy atom. The summed E-state index contributed by atoms with van der Waals surface area (Å²) in [5.74, 6) is 0.693. The minimum absolute atomic E-state index is 0.0721. The Bertz CT molecular complexity index is 358. The molecule has 2 fully saturated rings. The molecule has 0 aromatic rings. The fraction of sp³-hybridized carbons (Fsp3) is 0.857. The van der Waals surface area contributed by atoms with Crippen LogP contribution in [-0.2, 0) is 14.3 Å². The van der Waals surface area contributed by atoms with E-state index in [1.165, 1.54) is 7.11 Å². The lowest BCUT2D eigenvalue weighted by Gasteiger charge is -2.32. The van der Waals surface area contributed by atoms with E-state index in [9.17, 15) is 9.59 Å². The maximum absolute atomic E-state index is 12.5. The van der Waals surface area contributed by atoms with Crippen molar-refractivity contribution in [1.82, 2.24) is 0 Å². The molecule has 2 saturated carbocycles. The van der Waals surface area contributed by atoms with Crippen LogP contribution in [0, 0.1) is 22.7 Å². The van der Waals surface area contributed by atoms with Crippen LogP contribution in [0.3, 0.4) is 0 Å². The number of hydrogen-bond donors (Lipinski definition) is 0. The Hall–Kier alpha value is -0.860. The number of hydrogen-bond acceptors (Lipinski definition) is 3. The maximum Gasteiger partial charge on any atom is 0.305 e. The zero-order valence-electron chi connectivity index (χ0n) is 11.2. The normalized spacial score (nSPS) is 38.5. The molecule has 0 saturated heterocycles. The van der Waals surface area contributed by atoms with E-state index < -0.39 is 0 Å². The Labute approximate surface area is 103 Å². The van der Waals surface area contributed by atoms with Gasteiger partial charge in [-0.05, 0) is 30.6 Å². The lowest BCUT2D eigenvalue weighted by Crippen LogP contribution is -2.33. The summed E-state index contributed by atoms with van der Waals surface area (Å²) in [5, 5.41) is 0. The van der Waals surface area contributed by atoms with Gasteiger partial charge in [0.1, 0.15) is 5.78 Å². The fourth-order valence-corrected chi connectivity index (χ4v) is 3.98. The van der Waals surface area contributed by atoms with E-state index in [2.05, 4.69) is 25.5 Å². The van der Waals surface area contributed by atoms with Gasteiger partial charge in [0.2, 0.25) is 0 Å². The number of fused-ring (bicyclic) bond motifs is 2. The summed E-state index contributed by atoms with van der Waals surface area (Å²) < 4.78 is 4.65. The number of esters is 1. The number of ether oxygens (including phenoxy) is 1. The summed E-state index contributed by atoms with van der Waals surface area (Å²) in [7, 11) is 1.40. The fourth-order valence-electron chi connectivity index (χ4n) is 3.98. The minimum Gasteiger partial charge on any atom is -0.469 e. The zero-order chi connectivity index (χ0) is 12.8.